The van der Waals surface area contributed by atoms with Crippen LogP contribution in [0.4, 0.5) is 4.39 Å². The predicted molar refractivity (Wildman–Crippen MR) is 128 cm³/mol. The first-order valence-electron chi connectivity index (χ1n) is 12.7. The Labute approximate surface area is 203 Å². The minimum atomic E-state index is -0.887. The molecule has 35 heavy (non-hydrogen) atoms. The number of rotatable bonds is 5. The van der Waals surface area contributed by atoms with Gasteiger partial charge >= 0.3 is 5.97 Å². The summed E-state index contributed by atoms with van der Waals surface area (Å²) in [5.41, 5.74) is 3.11. The van der Waals surface area contributed by atoms with Crippen LogP contribution in [0.5, 0.6) is 0 Å². The second-order valence-corrected chi connectivity index (χ2v) is 10.3. The van der Waals surface area contributed by atoms with Crippen molar-refractivity contribution in [3.05, 3.63) is 53.1 Å². The van der Waals surface area contributed by atoms with E-state index in [-0.39, 0.29) is 17.9 Å². The van der Waals surface area contributed by atoms with Gasteiger partial charge in [-0.15, -0.1) is 0 Å². The maximum atomic E-state index is 15.5. The standard InChI is InChI=1S/C27H29FN4O3/c1-15-6-3-2-4-11-31(15)26(33)22-13-23(16-9-10-16)32-24(29-22)14-21(30-32)18-8-5-7-17(25(18)28)19-12-20(19)27(34)35/h5,7-8,13-16,19-20H,2-4,6,9-12H2,1H3,(H,34,35)/t15-,19?,20-/m1/s1. The third-order valence-electron chi connectivity index (χ3n) is 7.79. The number of carbonyl (C=O) groups excluding carboxylic acids is 1. The molecule has 8 heteroatoms. The van der Waals surface area contributed by atoms with Crippen LogP contribution in [0, 0.1) is 11.7 Å². The quantitative estimate of drug-likeness (QED) is 0.560. The van der Waals surface area contributed by atoms with Crippen LogP contribution in [0.25, 0.3) is 16.9 Å². The molecule has 1 N–H and O–H groups in total. The lowest BCUT2D eigenvalue weighted by atomic mass is 10.0. The second kappa shape index (κ2) is 8.43. The summed E-state index contributed by atoms with van der Waals surface area (Å²) in [6.45, 7) is 2.84. The topological polar surface area (TPSA) is 87.8 Å². The monoisotopic (exact) mass is 476 g/mol. The molecule has 0 bridgehead atoms. The molecule has 2 aromatic heterocycles. The van der Waals surface area contributed by atoms with Crippen molar-refractivity contribution in [2.24, 2.45) is 5.92 Å². The lowest BCUT2D eigenvalue weighted by Crippen LogP contribution is -2.38. The van der Waals surface area contributed by atoms with E-state index in [0.717, 1.165) is 50.8 Å². The Morgan fingerprint density at radius 1 is 1.11 bits per heavy atom. The molecule has 6 rings (SSSR count). The van der Waals surface area contributed by atoms with Crippen molar-refractivity contribution in [2.75, 3.05) is 6.54 Å². The van der Waals surface area contributed by atoms with Gasteiger partial charge in [0.15, 0.2) is 5.65 Å². The molecule has 3 aliphatic rings. The molecule has 3 atom stereocenters. The molecule has 1 amide bonds. The number of hydrogen-bond acceptors (Lipinski definition) is 4. The maximum absolute atomic E-state index is 15.5. The largest absolute Gasteiger partial charge is 0.481 e. The summed E-state index contributed by atoms with van der Waals surface area (Å²) >= 11 is 0. The molecule has 1 aliphatic heterocycles. The number of likely N-dealkylation sites (tertiary alicyclic amines) is 1. The lowest BCUT2D eigenvalue weighted by molar-refractivity contribution is -0.138. The first-order valence-corrected chi connectivity index (χ1v) is 12.7. The average Bonchev–Trinajstić information content (AvgIpc) is 3.75. The van der Waals surface area contributed by atoms with Crippen LogP contribution in [0.15, 0.2) is 30.3 Å². The van der Waals surface area contributed by atoms with E-state index in [1.54, 1.807) is 28.8 Å². The number of nitrogens with zero attached hydrogens (tertiary/aromatic N) is 4. The van der Waals surface area contributed by atoms with Crippen LogP contribution in [-0.2, 0) is 4.79 Å². The first-order chi connectivity index (χ1) is 16.9. The summed E-state index contributed by atoms with van der Waals surface area (Å²) in [7, 11) is 0. The van der Waals surface area contributed by atoms with Crippen molar-refractivity contribution in [3.8, 4) is 11.3 Å². The molecule has 1 saturated heterocycles. The van der Waals surface area contributed by atoms with Crippen molar-refractivity contribution in [1.82, 2.24) is 19.5 Å². The summed E-state index contributed by atoms with van der Waals surface area (Å²) < 4.78 is 17.2. The Balaban J connectivity index is 1.39. The number of hydrogen-bond donors (Lipinski definition) is 1. The molecule has 2 saturated carbocycles. The molecule has 3 heterocycles. The summed E-state index contributed by atoms with van der Waals surface area (Å²) in [5.74, 6) is -1.87. The first kappa shape index (κ1) is 22.2. The number of aliphatic carboxylic acids is 1. The molecule has 2 aliphatic carbocycles. The van der Waals surface area contributed by atoms with Crippen molar-refractivity contribution in [2.45, 2.75) is 69.7 Å². The van der Waals surface area contributed by atoms with Gasteiger partial charge in [-0.25, -0.2) is 13.9 Å². The number of benzene rings is 1. The van der Waals surface area contributed by atoms with E-state index in [9.17, 15) is 14.7 Å². The number of carboxylic acid groups (broad SMARTS) is 1. The lowest BCUT2D eigenvalue weighted by Gasteiger charge is -2.27. The minimum Gasteiger partial charge on any atom is -0.481 e. The van der Waals surface area contributed by atoms with Crippen molar-refractivity contribution >= 4 is 17.5 Å². The van der Waals surface area contributed by atoms with Gasteiger partial charge in [0.1, 0.15) is 11.5 Å². The van der Waals surface area contributed by atoms with Crippen LogP contribution in [0.3, 0.4) is 0 Å². The van der Waals surface area contributed by atoms with Gasteiger partial charge in [-0.1, -0.05) is 25.0 Å². The fourth-order valence-corrected chi connectivity index (χ4v) is 5.48. The molecule has 3 aromatic rings. The summed E-state index contributed by atoms with van der Waals surface area (Å²) in [6.07, 6.45) is 6.79. The number of carbonyl (C=O) groups is 2. The molecule has 182 valence electrons. The fraction of sp³-hybridized carbons (Fsp3) is 0.481. The SMILES string of the molecule is C[C@@H]1CCCCCN1C(=O)c1cc(C2CC2)n2nc(-c3cccc(C4C[C@H]4C(=O)O)c3F)cc2n1. The molecule has 3 fully saturated rings. The molecular formula is C27H29FN4O3. The van der Waals surface area contributed by atoms with E-state index < -0.39 is 17.7 Å². The third kappa shape index (κ3) is 3.98. The van der Waals surface area contributed by atoms with Crippen molar-refractivity contribution < 1.29 is 19.1 Å². The van der Waals surface area contributed by atoms with E-state index in [4.69, 9.17) is 5.10 Å². The molecule has 1 aromatic carbocycles. The van der Waals surface area contributed by atoms with E-state index in [0.29, 0.717) is 40.5 Å². The van der Waals surface area contributed by atoms with Crippen LogP contribution in [0.2, 0.25) is 0 Å². The van der Waals surface area contributed by atoms with Gasteiger partial charge in [-0.05, 0) is 56.7 Å². The second-order valence-electron chi connectivity index (χ2n) is 10.3. The normalized spacial score (nSPS) is 24.4. The average molecular weight is 477 g/mol. The van der Waals surface area contributed by atoms with Crippen molar-refractivity contribution in [3.63, 3.8) is 0 Å². The highest BCUT2D eigenvalue weighted by atomic mass is 19.1. The third-order valence-corrected chi connectivity index (χ3v) is 7.79. The van der Waals surface area contributed by atoms with Gasteiger partial charge in [0.05, 0.1) is 11.6 Å². The van der Waals surface area contributed by atoms with Gasteiger partial charge < -0.3 is 10.0 Å². The van der Waals surface area contributed by atoms with E-state index in [1.807, 2.05) is 11.0 Å². The Morgan fingerprint density at radius 3 is 2.69 bits per heavy atom. The highest BCUT2D eigenvalue weighted by molar-refractivity contribution is 5.93. The van der Waals surface area contributed by atoms with Gasteiger partial charge in [0, 0.05) is 41.7 Å². The van der Waals surface area contributed by atoms with Gasteiger partial charge in [0.25, 0.3) is 5.91 Å². The van der Waals surface area contributed by atoms with Crippen molar-refractivity contribution in [1.29, 1.82) is 0 Å². The summed E-state index contributed by atoms with van der Waals surface area (Å²) in [5, 5.41) is 14.0. The van der Waals surface area contributed by atoms with Crippen LogP contribution < -0.4 is 0 Å². The number of amides is 1. The number of aromatic nitrogens is 3. The van der Waals surface area contributed by atoms with E-state index in [2.05, 4.69) is 11.9 Å². The highest BCUT2D eigenvalue weighted by Crippen LogP contribution is 2.49. The summed E-state index contributed by atoms with van der Waals surface area (Å²) in [4.78, 5) is 31.4. The number of fused-ring (bicyclic) bond motifs is 1. The van der Waals surface area contributed by atoms with Crippen LogP contribution >= 0.6 is 0 Å². The minimum absolute atomic E-state index is 0.0480. The zero-order valence-electron chi connectivity index (χ0n) is 19.8. The number of carboxylic acids is 1. The Bertz CT molecular complexity index is 1330. The smallest absolute Gasteiger partial charge is 0.307 e. The molecule has 7 nitrogen and oxygen atoms in total. The molecule has 0 radical (unpaired) electrons. The molecule has 0 spiro atoms. The Morgan fingerprint density at radius 2 is 1.94 bits per heavy atom. The maximum Gasteiger partial charge on any atom is 0.307 e. The predicted octanol–water partition coefficient (Wildman–Crippen LogP) is 5.01. The zero-order valence-corrected chi connectivity index (χ0v) is 19.8. The van der Waals surface area contributed by atoms with Gasteiger partial charge in [0.2, 0.25) is 0 Å². The highest BCUT2D eigenvalue weighted by Gasteiger charge is 2.45. The van der Waals surface area contributed by atoms with Gasteiger partial charge in [-0.3, -0.25) is 9.59 Å². The Hall–Kier alpha value is -3.29. The van der Waals surface area contributed by atoms with Gasteiger partial charge in [-0.2, -0.15) is 5.10 Å². The molecule has 1 unspecified atom stereocenters. The van der Waals surface area contributed by atoms with Crippen LogP contribution in [0.1, 0.15) is 85.5 Å². The summed E-state index contributed by atoms with van der Waals surface area (Å²) in [6, 6.07) is 8.87. The Kier molecular flexibility index (Phi) is 5.34. The fourth-order valence-electron chi connectivity index (χ4n) is 5.48. The van der Waals surface area contributed by atoms with E-state index in [1.165, 1.54) is 0 Å². The van der Waals surface area contributed by atoms with Crippen LogP contribution in [-0.4, -0.2) is 49.1 Å². The van der Waals surface area contributed by atoms with E-state index >= 15 is 4.39 Å². The number of halogens is 1. The zero-order chi connectivity index (χ0) is 24.3. The molecular weight excluding hydrogens is 447 g/mol.